The number of aromatic nitrogens is 1. The number of nitro groups is 1. The summed E-state index contributed by atoms with van der Waals surface area (Å²) in [5.74, 6) is 0. The normalized spacial score (nSPS) is 12.3. The second-order valence-electron chi connectivity index (χ2n) is 4.39. The summed E-state index contributed by atoms with van der Waals surface area (Å²) in [5, 5.41) is 9.94. The summed E-state index contributed by atoms with van der Waals surface area (Å²) in [7, 11) is -2.97. The van der Waals surface area contributed by atoms with E-state index in [0.29, 0.717) is 10.2 Å². The molecule has 110 valence electrons. The van der Waals surface area contributed by atoms with Crippen LogP contribution in [0.2, 0.25) is 0 Å². The van der Waals surface area contributed by atoms with E-state index in [1.807, 2.05) is 6.92 Å². The van der Waals surface area contributed by atoms with Gasteiger partial charge < -0.3 is 0 Å². The molecule has 0 fully saturated rings. The van der Waals surface area contributed by atoms with Crippen molar-refractivity contribution >= 4 is 32.3 Å². The Kier molecular flexibility index (Phi) is 4.69. The Morgan fingerprint density at radius 1 is 1.19 bits per heavy atom. The summed E-state index contributed by atoms with van der Waals surface area (Å²) in [6, 6.07) is 9.43. The molecule has 1 atom stereocenters. The van der Waals surface area contributed by atoms with Gasteiger partial charge >= 0.3 is 0 Å². The Bertz CT molecular complexity index is 751. The van der Waals surface area contributed by atoms with Gasteiger partial charge in [-0.05, 0) is 34.5 Å². The van der Waals surface area contributed by atoms with E-state index in [9.17, 15) is 18.5 Å². The standard InChI is InChI=1S/C13H11BrN2O4S/c1-8-2-4-9(5-3-8)13(21(19)20)12-10(16(17)18)6-7-11(14)15-12/h2-7,13,21H,1H3. The van der Waals surface area contributed by atoms with Gasteiger partial charge in [0.1, 0.15) is 15.5 Å². The first-order chi connectivity index (χ1) is 9.90. The molecule has 0 N–H and O–H groups in total. The van der Waals surface area contributed by atoms with Crippen LogP contribution in [0.15, 0.2) is 41.0 Å². The van der Waals surface area contributed by atoms with Crippen LogP contribution in [-0.2, 0) is 10.7 Å². The highest BCUT2D eigenvalue weighted by atomic mass is 79.9. The smallest absolute Gasteiger partial charge is 0.258 e. The summed E-state index contributed by atoms with van der Waals surface area (Å²) in [4.78, 5) is 14.5. The van der Waals surface area contributed by atoms with Crippen molar-refractivity contribution in [3.05, 3.63) is 67.9 Å². The molecule has 0 amide bonds. The van der Waals surface area contributed by atoms with Gasteiger partial charge in [-0.1, -0.05) is 29.8 Å². The van der Waals surface area contributed by atoms with Crippen LogP contribution < -0.4 is 0 Å². The van der Waals surface area contributed by atoms with Crippen molar-refractivity contribution in [3.8, 4) is 0 Å². The third kappa shape index (κ3) is 3.45. The van der Waals surface area contributed by atoms with Crippen LogP contribution in [0, 0.1) is 17.0 Å². The van der Waals surface area contributed by atoms with E-state index < -0.39 is 20.9 Å². The summed E-state index contributed by atoms with van der Waals surface area (Å²) < 4.78 is 23.6. The van der Waals surface area contributed by atoms with Crippen molar-refractivity contribution in [1.29, 1.82) is 0 Å². The number of nitrogens with zero attached hydrogens (tertiary/aromatic N) is 2. The zero-order chi connectivity index (χ0) is 15.6. The van der Waals surface area contributed by atoms with E-state index >= 15 is 0 Å². The summed E-state index contributed by atoms with van der Waals surface area (Å²) >= 11 is 3.12. The van der Waals surface area contributed by atoms with Gasteiger partial charge in [0.25, 0.3) is 5.69 Å². The molecule has 1 unspecified atom stereocenters. The molecule has 0 radical (unpaired) electrons. The van der Waals surface area contributed by atoms with Crippen LogP contribution in [0.3, 0.4) is 0 Å². The number of aryl methyl sites for hydroxylation is 1. The van der Waals surface area contributed by atoms with Crippen molar-refractivity contribution in [3.63, 3.8) is 0 Å². The number of hydrogen-bond acceptors (Lipinski definition) is 5. The summed E-state index contributed by atoms with van der Waals surface area (Å²) in [6.07, 6.45) is 0. The number of halogens is 1. The fraction of sp³-hybridized carbons (Fsp3) is 0.154. The average Bonchev–Trinajstić information content (AvgIpc) is 2.40. The molecule has 0 aliphatic heterocycles. The predicted molar refractivity (Wildman–Crippen MR) is 81.9 cm³/mol. The minimum absolute atomic E-state index is 0.0886. The molecule has 0 aliphatic carbocycles. The highest BCUT2D eigenvalue weighted by molar-refractivity contribution is 9.10. The molecule has 2 rings (SSSR count). The first-order valence-corrected chi connectivity index (χ1v) is 7.95. The molecular weight excluding hydrogens is 360 g/mol. The molecule has 0 saturated carbocycles. The van der Waals surface area contributed by atoms with Crippen LogP contribution in [-0.4, -0.2) is 18.3 Å². The number of benzene rings is 1. The first kappa shape index (κ1) is 15.6. The van der Waals surface area contributed by atoms with E-state index in [1.165, 1.54) is 12.1 Å². The fourth-order valence-corrected chi connectivity index (χ4v) is 3.05. The van der Waals surface area contributed by atoms with E-state index in [0.717, 1.165) is 5.56 Å². The van der Waals surface area contributed by atoms with E-state index in [2.05, 4.69) is 20.9 Å². The van der Waals surface area contributed by atoms with Gasteiger partial charge in [0.05, 0.1) is 4.92 Å². The van der Waals surface area contributed by atoms with Crippen molar-refractivity contribution in [1.82, 2.24) is 4.98 Å². The highest BCUT2D eigenvalue weighted by Gasteiger charge is 2.28. The van der Waals surface area contributed by atoms with Crippen LogP contribution in [0.4, 0.5) is 5.69 Å². The molecule has 0 spiro atoms. The SMILES string of the molecule is Cc1ccc(C(c2nc(Br)ccc2[N+](=O)[O-])[SH](=O)=O)cc1. The number of thiol groups is 1. The fourth-order valence-electron chi connectivity index (χ4n) is 1.93. The average molecular weight is 371 g/mol. The van der Waals surface area contributed by atoms with Gasteiger partial charge in [0.15, 0.2) is 10.7 Å². The minimum Gasteiger partial charge on any atom is -0.258 e. The molecule has 1 aromatic heterocycles. The topological polar surface area (TPSA) is 90.2 Å². The Balaban J connectivity index is 2.66. The molecule has 2 aromatic rings. The Morgan fingerprint density at radius 2 is 1.81 bits per heavy atom. The zero-order valence-corrected chi connectivity index (χ0v) is 13.4. The van der Waals surface area contributed by atoms with Gasteiger partial charge in [-0.15, -0.1) is 0 Å². The van der Waals surface area contributed by atoms with Crippen molar-refractivity contribution in [2.75, 3.05) is 0 Å². The lowest BCUT2D eigenvalue weighted by Crippen LogP contribution is -2.09. The number of hydrogen-bond donors (Lipinski definition) is 1. The molecule has 6 nitrogen and oxygen atoms in total. The van der Waals surface area contributed by atoms with Gasteiger partial charge in [-0.2, -0.15) is 0 Å². The quantitative estimate of drug-likeness (QED) is 0.386. The van der Waals surface area contributed by atoms with Gasteiger partial charge in [-0.25, -0.2) is 13.4 Å². The maximum Gasteiger partial charge on any atom is 0.292 e. The lowest BCUT2D eigenvalue weighted by Gasteiger charge is -2.11. The second kappa shape index (κ2) is 6.31. The molecule has 0 aliphatic rings. The van der Waals surface area contributed by atoms with Crippen LogP contribution >= 0.6 is 15.9 Å². The third-order valence-electron chi connectivity index (χ3n) is 2.93. The van der Waals surface area contributed by atoms with Crippen molar-refractivity contribution in [2.45, 2.75) is 12.2 Å². The number of pyridine rings is 1. The van der Waals surface area contributed by atoms with Crippen molar-refractivity contribution in [2.24, 2.45) is 0 Å². The zero-order valence-electron chi connectivity index (χ0n) is 10.9. The molecule has 21 heavy (non-hydrogen) atoms. The van der Waals surface area contributed by atoms with Crippen LogP contribution in [0.5, 0.6) is 0 Å². The minimum atomic E-state index is -2.97. The predicted octanol–water partition coefficient (Wildman–Crippen LogP) is 2.76. The first-order valence-electron chi connectivity index (χ1n) is 5.91. The lowest BCUT2D eigenvalue weighted by molar-refractivity contribution is -0.385. The molecule has 1 aromatic carbocycles. The van der Waals surface area contributed by atoms with Crippen LogP contribution in [0.25, 0.3) is 0 Å². The lowest BCUT2D eigenvalue weighted by atomic mass is 10.1. The Morgan fingerprint density at radius 3 is 2.33 bits per heavy atom. The van der Waals surface area contributed by atoms with E-state index in [1.54, 1.807) is 24.3 Å². The Labute approximate surface area is 131 Å². The highest BCUT2D eigenvalue weighted by Crippen LogP contribution is 2.32. The largest absolute Gasteiger partial charge is 0.292 e. The Hall–Kier alpha value is -1.80. The monoisotopic (exact) mass is 370 g/mol. The molecule has 8 heteroatoms. The summed E-state index contributed by atoms with van der Waals surface area (Å²) in [5.41, 5.74) is 1.01. The van der Waals surface area contributed by atoms with Crippen LogP contribution in [0.1, 0.15) is 22.1 Å². The maximum atomic E-state index is 11.6. The van der Waals surface area contributed by atoms with Gasteiger partial charge in [0.2, 0.25) is 0 Å². The number of rotatable bonds is 4. The maximum absolute atomic E-state index is 11.6. The van der Waals surface area contributed by atoms with Crippen molar-refractivity contribution < 1.29 is 13.3 Å². The molecule has 0 saturated heterocycles. The van der Waals surface area contributed by atoms with Gasteiger partial charge in [-0.3, -0.25) is 10.1 Å². The molecule has 0 bridgehead atoms. The molecule has 1 heterocycles. The van der Waals surface area contributed by atoms with E-state index in [-0.39, 0.29) is 11.4 Å². The second-order valence-corrected chi connectivity index (χ2v) is 6.29. The molecular formula is C13H11BrN2O4S. The third-order valence-corrected chi connectivity index (χ3v) is 4.33. The van der Waals surface area contributed by atoms with Gasteiger partial charge in [0, 0.05) is 6.07 Å². The summed E-state index contributed by atoms with van der Waals surface area (Å²) in [6.45, 7) is 1.87. The van der Waals surface area contributed by atoms with E-state index in [4.69, 9.17) is 0 Å².